The summed E-state index contributed by atoms with van der Waals surface area (Å²) in [6.45, 7) is 2.21. The molecule has 112 valence electrons. The predicted molar refractivity (Wildman–Crippen MR) is 99.9 cm³/mol. The Labute approximate surface area is 136 Å². The summed E-state index contributed by atoms with van der Waals surface area (Å²) in [5.41, 5.74) is 2.51. The van der Waals surface area contributed by atoms with Gasteiger partial charge in [-0.15, -0.1) is 0 Å². The fraction of sp³-hybridized carbons (Fsp3) is 0.0909. The number of hydrogen-bond donors (Lipinski definition) is 1. The molecule has 1 unspecified atom stereocenters. The minimum Gasteiger partial charge on any atom is -0.378 e. The van der Waals surface area contributed by atoms with Gasteiger partial charge >= 0.3 is 0 Å². The summed E-state index contributed by atoms with van der Waals surface area (Å²) in [5, 5.41) is 8.83. The van der Waals surface area contributed by atoms with Gasteiger partial charge in [0.05, 0.1) is 5.69 Å². The molecule has 4 aromatic carbocycles. The topological polar surface area (TPSA) is 12.0 Å². The molecule has 0 saturated heterocycles. The van der Waals surface area contributed by atoms with Crippen LogP contribution in [0.4, 0.5) is 5.69 Å². The van der Waals surface area contributed by atoms with Gasteiger partial charge in [0.1, 0.15) is 0 Å². The summed E-state index contributed by atoms with van der Waals surface area (Å²) in [4.78, 5) is 0. The lowest BCUT2D eigenvalue weighted by Crippen LogP contribution is -2.07. The lowest BCUT2D eigenvalue weighted by molar-refractivity contribution is 0.889. The minimum atomic E-state index is 0.255. The van der Waals surface area contributed by atoms with Crippen LogP contribution < -0.4 is 5.32 Å². The Bertz CT molecular complexity index is 903. The van der Waals surface area contributed by atoms with E-state index in [-0.39, 0.29) is 6.04 Å². The molecule has 0 aliphatic heterocycles. The Hall–Kier alpha value is -2.80. The summed E-state index contributed by atoms with van der Waals surface area (Å²) < 4.78 is 0. The molecule has 0 saturated carbocycles. The second-order valence-corrected chi connectivity index (χ2v) is 5.97. The van der Waals surface area contributed by atoms with E-state index in [1.807, 2.05) is 0 Å². The fourth-order valence-corrected chi connectivity index (χ4v) is 3.21. The largest absolute Gasteiger partial charge is 0.378 e. The average molecular weight is 297 g/mol. The fourth-order valence-electron chi connectivity index (χ4n) is 3.21. The van der Waals surface area contributed by atoms with Gasteiger partial charge in [-0.3, -0.25) is 0 Å². The van der Waals surface area contributed by atoms with Crippen LogP contribution in [0.5, 0.6) is 0 Å². The van der Waals surface area contributed by atoms with E-state index in [9.17, 15) is 0 Å². The van der Waals surface area contributed by atoms with Gasteiger partial charge in [-0.2, -0.15) is 0 Å². The van der Waals surface area contributed by atoms with Gasteiger partial charge in [0.25, 0.3) is 0 Å². The van der Waals surface area contributed by atoms with Crippen molar-refractivity contribution in [3.05, 3.63) is 90.5 Å². The van der Waals surface area contributed by atoms with Gasteiger partial charge in [0.2, 0.25) is 0 Å². The summed E-state index contributed by atoms with van der Waals surface area (Å²) in [6, 6.07) is 30.3. The van der Waals surface area contributed by atoms with Crippen molar-refractivity contribution in [1.29, 1.82) is 0 Å². The van der Waals surface area contributed by atoms with Crippen molar-refractivity contribution in [3.8, 4) is 0 Å². The first-order chi connectivity index (χ1) is 11.3. The Kier molecular flexibility index (Phi) is 3.47. The van der Waals surface area contributed by atoms with Crippen LogP contribution in [0.15, 0.2) is 84.9 Å². The second-order valence-electron chi connectivity index (χ2n) is 5.97. The minimum absolute atomic E-state index is 0.255. The molecule has 4 aromatic rings. The zero-order chi connectivity index (χ0) is 15.6. The molecular formula is C22H19N. The molecule has 0 spiro atoms. The van der Waals surface area contributed by atoms with Crippen LogP contribution in [0.25, 0.3) is 21.5 Å². The Morgan fingerprint density at radius 3 is 1.78 bits per heavy atom. The molecule has 0 aliphatic carbocycles. The van der Waals surface area contributed by atoms with E-state index in [0.717, 1.165) is 0 Å². The highest BCUT2D eigenvalue weighted by Gasteiger charge is 2.11. The van der Waals surface area contributed by atoms with Gasteiger partial charge in [0.15, 0.2) is 0 Å². The maximum Gasteiger partial charge on any atom is 0.0504 e. The third-order valence-electron chi connectivity index (χ3n) is 4.43. The smallest absolute Gasteiger partial charge is 0.0504 e. The molecule has 0 fully saturated rings. The lowest BCUT2D eigenvalue weighted by atomic mass is 9.99. The third kappa shape index (κ3) is 2.55. The van der Waals surface area contributed by atoms with Crippen molar-refractivity contribution in [2.24, 2.45) is 0 Å². The zero-order valence-corrected chi connectivity index (χ0v) is 13.2. The average Bonchev–Trinajstić information content (AvgIpc) is 2.62. The monoisotopic (exact) mass is 297 g/mol. The number of nitrogens with one attached hydrogen (secondary N) is 1. The first-order valence-corrected chi connectivity index (χ1v) is 8.05. The number of rotatable bonds is 3. The van der Waals surface area contributed by atoms with Crippen LogP contribution in [0.2, 0.25) is 0 Å². The molecule has 23 heavy (non-hydrogen) atoms. The van der Waals surface area contributed by atoms with Crippen molar-refractivity contribution in [2.45, 2.75) is 13.0 Å². The van der Waals surface area contributed by atoms with E-state index < -0.39 is 0 Å². The number of anilines is 1. The molecule has 0 bridgehead atoms. The maximum atomic E-state index is 3.74. The first kappa shape index (κ1) is 13.8. The van der Waals surface area contributed by atoms with Gasteiger partial charge in [0, 0.05) is 16.8 Å². The van der Waals surface area contributed by atoms with E-state index >= 15 is 0 Å². The summed E-state index contributed by atoms with van der Waals surface area (Å²) in [6.07, 6.45) is 0. The Balaban J connectivity index is 1.89. The molecule has 1 nitrogen and oxygen atoms in total. The van der Waals surface area contributed by atoms with Crippen molar-refractivity contribution >= 4 is 27.2 Å². The number of benzene rings is 4. The zero-order valence-electron chi connectivity index (χ0n) is 13.2. The second kappa shape index (κ2) is 5.77. The van der Waals surface area contributed by atoms with Gasteiger partial charge in [-0.1, -0.05) is 78.9 Å². The number of hydrogen-bond acceptors (Lipinski definition) is 1. The highest BCUT2D eigenvalue weighted by atomic mass is 14.9. The van der Waals surface area contributed by atoms with E-state index in [0.29, 0.717) is 0 Å². The standard InChI is InChI=1S/C22H19N/c1-16(17-9-3-2-4-10-17)23-22-20-13-7-5-11-18(20)15-19-12-6-8-14-21(19)22/h2-16,23H,1H3. The van der Waals surface area contributed by atoms with Gasteiger partial charge in [-0.25, -0.2) is 0 Å². The quantitative estimate of drug-likeness (QED) is 0.446. The van der Waals surface area contributed by atoms with E-state index in [4.69, 9.17) is 0 Å². The van der Waals surface area contributed by atoms with Crippen molar-refractivity contribution in [2.75, 3.05) is 5.32 Å². The van der Waals surface area contributed by atoms with Crippen LogP contribution in [0, 0.1) is 0 Å². The van der Waals surface area contributed by atoms with Crippen molar-refractivity contribution in [1.82, 2.24) is 0 Å². The molecule has 0 heterocycles. The van der Waals surface area contributed by atoms with E-state index in [2.05, 4.69) is 97.2 Å². The van der Waals surface area contributed by atoms with Gasteiger partial charge in [-0.05, 0) is 29.3 Å². The summed E-state index contributed by atoms with van der Waals surface area (Å²) in [5.74, 6) is 0. The molecule has 1 heteroatoms. The van der Waals surface area contributed by atoms with E-state index in [1.165, 1.54) is 32.8 Å². The summed E-state index contributed by atoms with van der Waals surface area (Å²) >= 11 is 0. The molecule has 0 radical (unpaired) electrons. The molecule has 0 amide bonds. The molecule has 4 rings (SSSR count). The van der Waals surface area contributed by atoms with Crippen LogP contribution >= 0.6 is 0 Å². The van der Waals surface area contributed by atoms with Crippen LogP contribution in [-0.2, 0) is 0 Å². The first-order valence-electron chi connectivity index (χ1n) is 8.05. The van der Waals surface area contributed by atoms with Crippen molar-refractivity contribution < 1.29 is 0 Å². The molecule has 0 aromatic heterocycles. The lowest BCUT2D eigenvalue weighted by Gasteiger charge is -2.19. The highest BCUT2D eigenvalue weighted by Crippen LogP contribution is 2.34. The maximum absolute atomic E-state index is 3.74. The highest BCUT2D eigenvalue weighted by molar-refractivity contribution is 6.11. The Morgan fingerprint density at radius 1 is 0.652 bits per heavy atom. The van der Waals surface area contributed by atoms with E-state index in [1.54, 1.807) is 0 Å². The normalized spacial score (nSPS) is 12.4. The molecule has 1 atom stereocenters. The van der Waals surface area contributed by atoms with Crippen LogP contribution in [0.3, 0.4) is 0 Å². The predicted octanol–water partition coefficient (Wildman–Crippen LogP) is 6.17. The third-order valence-corrected chi connectivity index (χ3v) is 4.43. The Morgan fingerprint density at radius 2 is 1.17 bits per heavy atom. The summed E-state index contributed by atoms with van der Waals surface area (Å²) in [7, 11) is 0. The van der Waals surface area contributed by atoms with Crippen LogP contribution in [-0.4, -0.2) is 0 Å². The van der Waals surface area contributed by atoms with Gasteiger partial charge < -0.3 is 5.32 Å². The molecular weight excluding hydrogens is 278 g/mol. The molecule has 0 aliphatic rings. The molecule has 1 N–H and O–H groups in total. The van der Waals surface area contributed by atoms with Crippen molar-refractivity contribution in [3.63, 3.8) is 0 Å². The SMILES string of the molecule is CC(Nc1c2ccccc2cc2ccccc12)c1ccccc1. The number of fused-ring (bicyclic) bond motifs is 2. The van der Waals surface area contributed by atoms with Crippen LogP contribution in [0.1, 0.15) is 18.5 Å².